The summed E-state index contributed by atoms with van der Waals surface area (Å²) in [6, 6.07) is 2.81. The van der Waals surface area contributed by atoms with Gasteiger partial charge in [-0.1, -0.05) is 13.8 Å². The minimum Gasteiger partial charge on any atom is -0.466 e. The molecule has 0 aromatic carbocycles. The van der Waals surface area contributed by atoms with Gasteiger partial charge in [-0.2, -0.15) is 0 Å². The van der Waals surface area contributed by atoms with E-state index in [-0.39, 0.29) is 11.5 Å². The van der Waals surface area contributed by atoms with Crippen LogP contribution in [0, 0.1) is 12.3 Å². The van der Waals surface area contributed by atoms with E-state index in [1.807, 2.05) is 12.4 Å². The Morgan fingerprint density at radius 1 is 1.50 bits per heavy atom. The van der Waals surface area contributed by atoms with Gasteiger partial charge in [-0.25, -0.2) is 4.98 Å². The van der Waals surface area contributed by atoms with Crippen molar-refractivity contribution in [2.75, 3.05) is 0 Å². The summed E-state index contributed by atoms with van der Waals surface area (Å²) in [5.41, 5.74) is 4.63. The fraction of sp³-hybridized carbons (Fsp3) is 0.562. The van der Waals surface area contributed by atoms with E-state index in [1.165, 1.54) is 5.56 Å². The third-order valence-electron chi connectivity index (χ3n) is 4.08. The molecule has 2 atom stereocenters. The van der Waals surface area contributed by atoms with Crippen molar-refractivity contribution >= 4 is 11.3 Å². The van der Waals surface area contributed by atoms with Gasteiger partial charge in [0.1, 0.15) is 11.5 Å². The second-order valence-corrected chi connectivity index (χ2v) is 7.35. The van der Waals surface area contributed by atoms with Crippen LogP contribution in [0.15, 0.2) is 21.4 Å². The van der Waals surface area contributed by atoms with Crippen LogP contribution in [0.3, 0.4) is 0 Å². The van der Waals surface area contributed by atoms with E-state index < -0.39 is 0 Å². The van der Waals surface area contributed by atoms with Gasteiger partial charge in [0.25, 0.3) is 0 Å². The molecule has 0 amide bonds. The first-order chi connectivity index (χ1) is 9.44. The van der Waals surface area contributed by atoms with Gasteiger partial charge in [0.05, 0.1) is 11.2 Å². The lowest BCUT2D eigenvalue weighted by Crippen LogP contribution is -2.34. The zero-order chi connectivity index (χ0) is 14.3. The molecule has 0 saturated heterocycles. The molecule has 2 aromatic heterocycles. The van der Waals surface area contributed by atoms with Gasteiger partial charge in [0.15, 0.2) is 0 Å². The largest absolute Gasteiger partial charge is 0.466 e. The standard InChI is InChI=1S/C16H22N2OS/c1-10-5-12-13(6-16(3,4)7-15(12)19-10)18-11(2)14-8-20-9-17-14/h5,8-9,11,13,18H,6-7H2,1-4H3. The van der Waals surface area contributed by atoms with Crippen LogP contribution in [0.4, 0.5) is 0 Å². The fourth-order valence-electron chi connectivity index (χ4n) is 3.16. The highest BCUT2D eigenvalue weighted by Crippen LogP contribution is 2.42. The smallest absolute Gasteiger partial charge is 0.109 e. The lowest BCUT2D eigenvalue weighted by atomic mass is 9.74. The molecule has 0 aliphatic heterocycles. The van der Waals surface area contributed by atoms with E-state index in [4.69, 9.17) is 4.42 Å². The molecule has 0 saturated carbocycles. The third-order valence-corrected chi connectivity index (χ3v) is 4.69. The van der Waals surface area contributed by atoms with Crippen molar-refractivity contribution in [2.24, 2.45) is 5.41 Å². The lowest BCUT2D eigenvalue weighted by Gasteiger charge is -2.36. The van der Waals surface area contributed by atoms with E-state index >= 15 is 0 Å². The number of aryl methyl sites for hydroxylation is 1. The van der Waals surface area contributed by atoms with Crippen LogP contribution in [-0.2, 0) is 6.42 Å². The Hall–Kier alpha value is -1.13. The predicted octanol–water partition coefficient (Wildman–Crippen LogP) is 4.41. The Morgan fingerprint density at radius 2 is 2.30 bits per heavy atom. The topological polar surface area (TPSA) is 38.1 Å². The Bertz CT molecular complexity index is 586. The molecule has 1 N–H and O–H groups in total. The molecule has 4 heteroatoms. The molecule has 2 unspecified atom stereocenters. The Kier molecular flexibility index (Phi) is 3.46. The maximum atomic E-state index is 5.89. The fourth-order valence-corrected chi connectivity index (χ4v) is 3.80. The van der Waals surface area contributed by atoms with Gasteiger partial charge in [-0.3, -0.25) is 0 Å². The van der Waals surface area contributed by atoms with Crippen LogP contribution in [0.25, 0.3) is 0 Å². The summed E-state index contributed by atoms with van der Waals surface area (Å²) >= 11 is 1.65. The normalized spacial score (nSPS) is 22.5. The van der Waals surface area contributed by atoms with Crippen molar-refractivity contribution in [2.45, 2.75) is 52.6 Å². The van der Waals surface area contributed by atoms with Gasteiger partial charge < -0.3 is 9.73 Å². The Morgan fingerprint density at radius 3 is 3.00 bits per heavy atom. The number of nitrogens with zero attached hydrogens (tertiary/aromatic N) is 1. The first-order valence-corrected chi connectivity index (χ1v) is 8.12. The zero-order valence-corrected chi connectivity index (χ0v) is 13.4. The summed E-state index contributed by atoms with van der Waals surface area (Å²) in [7, 11) is 0. The van der Waals surface area contributed by atoms with Crippen LogP contribution in [0.1, 0.15) is 62.1 Å². The highest BCUT2D eigenvalue weighted by molar-refractivity contribution is 7.07. The van der Waals surface area contributed by atoms with Gasteiger partial charge in [0.2, 0.25) is 0 Å². The number of aromatic nitrogens is 1. The molecule has 0 spiro atoms. The van der Waals surface area contributed by atoms with E-state index in [9.17, 15) is 0 Å². The Labute approximate surface area is 124 Å². The van der Waals surface area contributed by atoms with Gasteiger partial charge in [-0.15, -0.1) is 11.3 Å². The zero-order valence-electron chi connectivity index (χ0n) is 12.6. The minimum atomic E-state index is 0.267. The second kappa shape index (κ2) is 5.01. The monoisotopic (exact) mass is 290 g/mol. The Balaban J connectivity index is 1.85. The molecular formula is C16H22N2OS. The maximum absolute atomic E-state index is 5.89. The molecule has 3 nitrogen and oxygen atoms in total. The summed E-state index contributed by atoms with van der Waals surface area (Å²) < 4.78 is 5.89. The summed E-state index contributed by atoms with van der Waals surface area (Å²) in [6.07, 6.45) is 2.16. The first kappa shape index (κ1) is 13.8. The lowest BCUT2D eigenvalue weighted by molar-refractivity contribution is 0.226. The van der Waals surface area contributed by atoms with E-state index in [0.29, 0.717) is 6.04 Å². The SMILES string of the molecule is Cc1cc2c(o1)CC(C)(C)CC2NC(C)c1cscn1. The molecule has 3 rings (SSSR count). The van der Waals surface area contributed by atoms with Crippen molar-refractivity contribution in [3.05, 3.63) is 39.7 Å². The molecule has 0 fully saturated rings. The average molecular weight is 290 g/mol. The summed E-state index contributed by atoms with van der Waals surface area (Å²) in [6.45, 7) is 8.85. The predicted molar refractivity (Wildman–Crippen MR) is 82.0 cm³/mol. The molecule has 20 heavy (non-hydrogen) atoms. The van der Waals surface area contributed by atoms with Crippen LogP contribution in [0.5, 0.6) is 0 Å². The molecule has 2 aromatic rings. The molecule has 0 bridgehead atoms. The van der Waals surface area contributed by atoms with E-state index in [2.05, 4.69) is 42.5 Å². The van der Waals surface area contributed by atoms with Crippen molar-refractivity contribution in [1.82, 2.24) is 10.3 Å². The molecule has 1 aliphatic rings. The van der Waals surface area contributed by atoms with Gasteiger partial charge >= 0.3 is 0 Å². The van der Waals surface area contributed by atoms with Gasteiger partial charge in [0, 0.05) is 29.4 Å². The number of rotatable bonds is 3. The summed E-state index contributed by atoms with van der Waals surface area (Å²) in [5.74, 6) is 2.17. The third kappa shape index (κ3) is 2.67. The summed E-state index contributed by atoms with van der Waals surface area (Å²) in [5, 5.41) is 5.85. The highest BCUT2D eigenvalue weighted by Gasteiger charge is 2.35. The second-order valence-electron chi connectivity index (χ2n) is 6.63. The number of nitrogens with one attached hydrogen (secondary N) is 1. The molecule has 108 valence electrons. The van der Waals surface area contributed by atoms with Crippen LogP contribution >= 0.6 is 11.3 Å². The van der Waals surface area contributed by atoms with Crippen molar-refractivity contribution in [1.29, 1.82) is 0 Å². The quantitative estimate of drug-likeness (QED) is 0.910. The maximum Gasteiger partial charge on any atom is 0.109 e. The number of furan rings is 1. The first-order valence-electron chi connectivity index (χ1n) is 7.18. The van der Waals surface area contributed by atoms with Gasteiger partial charge in [-0.05, 0) is 31.7 Å². The molecule has 1 aliphatic carbocycles. The number of hydrogen-bond acceptors (Lipinski definition) is 4. The minimum absolute atomic E-state index is 0.267. The average Bonchev–Trinajstić information content (AvgIpc) is 2.95. The molecule has 2 heterocycles. The summed E-state index contributed by atoms with van der Waals surface area (Å²) in [4.78, 5) is 4.41. The van der Waals surface area contributed by atoms with E-state index in [0.717, 1.165) is 30.1 Å². The molecule has 0 radical (unpaired) electrons. The van der Waals surface area contributed by atoms with Crippen molar-refractivity contribution < 1.29 is 4.42 Å². The van der Waals surface area contributed by atoms with Crippen molar-refractivity contribution in [3.8, 4) is 0 Å². The highest BCUT2D eigenvalue weighted by atomic mass is 32.1. The van der Waals surface area contributed by atoms with Crippen LogP contribution in [0.2, 0.25) is 0 Å². The van der Waals surface area contributed by atoms with Crippen LogP contribution < -0.4 is 5.32 Å². The number of fused-ring (bicyclic) bond motifs is 1. The van der Waals surface area contributed by atoms with E-state index in [1.54, 1.807) is 11.3 Å². The number of hydrogen-bond donors (Lipinski definition) is 1. The van der Waals surface area contributed by atoms with Crippen LogP contribution in [-0.4, -0.2) is 4.98 Å². The number of thiazole rings is 1. The van der Waals surface area contributed by atoms with Crippen molar-refractivity contribution in [3.63, 3.8) is 0 Å². The molecular weight excluding hydrogens is 268 g/mol.